The van der Waals surface area contributed by atoms with Crippen LogP contribution in [-0.2, 0) is 6.54 Å². The van der Waals surface area contributed by atoms with Crippen molar-refractivity contribution in [3.05, 3.63) is 60.7 Å². The Bertz CT molecular complexity index is 784. The van der Waals surface area contributed by atoms with Gasteiger partial charge in [0.15, 0.2) is 0 Å². The number of aromatic amines is 1. The van der Waals surface area contributed by atoms with Crippen LogP contribution in [0.4, 0.5) is 0 Å². The highest BCUT2D eigenvalue weighted by Gasteiger charge is 2.14. The number of H-pyrrole nitrogens is 1. The molecule has 4 nitrogen and oxygen atoms in total. The lowest BCUT2D eigenvalue weighted by Gasteiger charge is -2.08. The zero-order chi connectivity index (χ0) is 16.3. The smallest absolute Gasteiger partial charge is 0.253 e. The van der Waals surface area contributed by atoms with E-state index in [1.54, 1.807) is 11.3 Å². The molecule has 2 N–H and O–H groups in total. The molecule has 2 aromatic rings. The molecule has 116 valence electrons. The second kappa shape index (κ2) is 6.75. The van der Waals surface area contributed by atoms with Gasteiger partial charge in [0.1, 0.15) is 0 Å². The fourth-order valence-electron chi connectivity index (χ4n) is 2.34. The number of allylic oxidation sites excluding steroid dienone is 1. The average Bonchev–Trinajstić information content (AvgIpc) is 2.79. The van der Waals surface area contributed by atoms with Crippen molar-refractivity contribution in [2.75, 3.05) is 0 Å². The lowest BCUT2D eigenvalue weighted by molar-refractivity contribution is 0.0950. The van der Waals surface area contributed by atoms with Crippen LogP contribution in [0.25, 0.3) is 6.08 Å². The van der Waals surface area contributed by atoms with Crippen LogP contribution in [-0.4, -0.2) is 10.9 Å². The van der Waals surface area contributed by atoms with Gasteiger partial charge in [0.05, 0.1) is 5.56 Å². The third-order valence-corrected chi connectivity index (χ3v) is 4.61. The Labute approximate surface area is 133 Å². The van der Waals surface area contributed by atoms with Gasteiger partial charge in [-0.3, -0.25) is 9.59 Å². The highest BCUT2D eigenvalue weighted by Crippen LogP contribution is 2.23. The van der Waals surface area contributed by atoms with Gasteiger partial charge in [-0.2, -0.15) is 0 Å². The molecule has 0 saturated carbocycles. The summed E-state index contributed by atoms with van der Waals surface area (Å²) in [4.78, 5) is 28.1. The van der Waals surface area contributed by atoms with Crippen LogP contribution in [0, 0.1) is 20.8 Å². The molecular weight excluding hydrogens is 296 g/mol. The molecule has 0 aliphatic carbocycles. The molecule has 1 amide bonds. The number of amides is 1. The summed E-state index contributed by atoms with van der Waals surface area (Å²) in [6.07, 6.45) is 3.95. The number of carbonyl (C=O) groups excluding carboxylic acids is 1. The molecule has 0 atom stereocenters. The summed E-state index contributed by atoms with van der Waals surface area (Å²) in [7, 11) is 0. The van der Waals surface area contributed by atoms with Crippen LogP contribution in [0.3, 0.4) is 0 Å². The van der Waals surface area contributed by atoms with Crippen molar-refractivity contribution in [1.29, 1.82) is 0 Å². The number of aryl methyl sites for hydroxylation is 2. The summed E-state index contributed by atoms with van der Waals surface area (Å²) in [6, 6.07) is 1.91. The molecule has 0 aromatic carbocycles. The fraction of sp³-hybridized carbons (Fsp3) is 0.294. The first kappa shape index (κ1) is 16.2. The van der Waals surface area contributed by atoms with Gasteiger partial charge in [-0.1, -0.05) is 6.08 Å². The predicted octanol–water partition coefficient (Wildman–Crippen LogP) is 3.32. The number of carbonyl (C=O) groups is 1. The molecule has 0 saturated heterocycles. The molecule has 0 bridgehead atoms. The topological polar surface area (TPSA) is 62.0 Å². The highest BCUT2D eigenvalue weighted by molar-refractivity contribution is 7.11. The monoisotopic (exact) mass is 316 g/mol. The van der Waals surface area contributed by atoms with Crippen LogP contribution in [0.15, 0.2) is 22.3 Å². The lowest BCUT2D eigenvalue weighted by Crippen LogP contribution is -2.28. The second-order valence-electron chi connectivity index (χ2n) is 5.26. The molecule has 2 aromatic heterocycles. The zero-order valence-corrected chi connectivity index (χ0v) is 14.1. The molecule has 0 spiro atoms. The largest absolute Gasteiger partial charge is 0.348 e. The van der Waals surface area contributed by atoms with E-state index >= 15 is 0 Å². The third kappa shape index (κ3) is 3.36. The third-order valence-electron chi connectivity index (χ3n) is 3.56. The summed E-state index contributed by atoms with van der Waals surface area (Å²) >= 11 is 1.54. The summed E-state index contributed by atoms with van der Waals surface area (Å²) < 4.78 is 0. The normalized spacial score (nSPS) is 11.1. The van der Waals surface area contributed by atoms with Crippen molar-refractivity contribution in [1.82, 2.24) is 10.3 Å². The van der Waals surface area contributed by atoms with E-state index in [0.29, 0.717) is 11.1 Å². The SMILES string of the molecule is C/C=C/c1scc(C(=O)NCc2c(C)cc(C)[nH]c2=O)c1C. The van der Waals surface area contributed by atoms with Crippen molar-refractivity contribution in [3.63, 3.8) is 0 Å². The van der Waals surface area contributed by atoms with Crippen LogP contribution < -0.4 is 10.9 Å². The average molecular weight is 316 g/mol. The number of hydrogen-bond donors (Lipinski definition) is 2. The highest BCUT2D eigenvalue weighted by atomic mass is 32.1. The Morgan fingerprint density at radius 3 is 2.73 bits per heavy atom. The zero-order valence-electron chi connectivity index (χ0n) is 13.2. The van der Waals surface area contributed by atoms with Crippen LogP contribution in [0.1, 0.15) is 44.5 Å². The first-order valence-electron chi connectivity index (χ1n) is 7.12. The maximum atomic E-state index is 12.3. The van der Waals surface area contributed by atoms with E-state index in [-0.39, 0.29) is 18.0 Å². The molecule has 2 heterocycles. The van der Waals surface area contributed by atoms with E-state index in [0.717, 1.165) is 21.7 Å². The maximum Gasteiger partial charge on any atom is 0.253 e. The van der Waals surface area contributed by atoms with Crippen molar-refractivity contribution < 1.29 is 4.79 Å². The van der Waals surface area contributed by atoms with E-state index < -0.39 is 0 Å². The first-order valence-corrected chi connectivity index (χ1v) is 8.00. The van der Waals surface area contributed by atoms with Crippen molar-refractivity contribution in [2.24, 2.45) is 0 Å². The second-order valence-corrected chi connectivity index (χ2v) is 6.18. The Morgan fingerprint density at radius 1 is 1.36 bits per heavy atom. The van der Waals surface area contributed by atoms with Gasteiger partial charge in [0, 0.05) is 28.1 Å². The van der Waals surface area contributed by atoms with E-state index in [1.165, 1.54) is 0 Å². The molecule has 0 fully saturated rings. The summed E-state index contributed by atoms with van der Waals surface area (Å²) in [5.74, 6) is -0.149. The van der Waals surface area contributed by atoms with E-state index in [9.17, 15) is 9.59 Å². The minimum atomic E-state index is -0.149. The molecule has 22 heavy (non-hydrogen) atoms. The van der Waals surface area contributed by atoms with E-state index in [1.807, 2.05) is 51.3 Å². The minimum absolute atomic E-state index is 0.144. The molecule has 0 aliphatic heterocycles. The predicted molar refractivity (Wildman–Crippen MR) is 91.5 cm³/mol. The molecule has 0 radical (unpaired) electrons. The number of pyridine rings is 1. The Balaban J connectivity index is 2.16. The minimum Gasteiger partial charge on any atom is -0.348 e. The summed E-state index contributed by atoms with van der Waals surface area (Å²) in [5.41, 5.74) is 3.80. The lowest BCUT2D eigenvalue weighted by atomic mass is 10.1. The summed E-state index contributed by atoms with van der Waals surface area (Å²) in [5, 5.41) is 4.69. The maximum absolute atomic E-state index is 12.3. The standard InChI is InChI=1S/C17H20N2O2S/c1-5-6-15-12(4)14(9-22-15)16(20)18-8-13-10(2)7-11(3)19-17(13)21/h5-7,9H,8H2,1-4H3,(H,18,20)(H,19,21)/b6-5+. The number of aromatic nitrogens is 1. The van der Waals surface area contributed by atoms with E-state index in [2.05, 4.69) is 10.3 Å². The van der Waals surface area contributed by atoms with Gasteiger partial charge in [0.25, 0.3) is 11.5 Å². The number of hydrogen-bond acceptors (Lipinski definition) is 3. The first-order chi connectivity index (χ1) is 10.4. The summed E-state index contributed by atoms with van der Waals surface area (Å²) in [6.45, 7) is 7.84. The van der Waals surface area contributed by atoms with Gasteiger partial charge < -0.3 is 10.3 Å². The van der Waals surface area contributed by atoms with Crippen molar-refractivity contribution in [3.8, 4) is 0 Å². The molecule has 0 aliphatic rings. The van der Waals surface area contributed by atoms with Crippen LogP contribution in [0.5, 0.6) is 0 Å². The molecule has 0 unspecified atom stereocenters. The number of rotatable bonds is 4. The van der Waals surface area contributed by atoms with Gasteiger partial charge in [0.2, 0.25) is 0 Å². The van der Waals surface area contributed by atoms with Crippen LogP contribution in [0.2, 0.25) is 0 Å². The molecule has 2 rings (SSSR count). The van der Waals surface area contributed by atoms with Gasteiger partial charge >= 0.3 is 0 Å². The number of thiophene rings is 1. The molecular formula is C17H20N2O2S. The number of nitrogens with one attached hydrogen (secondary N) is 2. The fourth-order valence-corrected chi connectivity index (χ4v) is 3.37. The Kier molecular flexibility index (Phi) is 4.98. The van der Waals surface area contributed by atoms with Gasteiger partial charge in [-0.25, -0.2) is 0 Å². The quantitative estimate of drug-likeness (QED) is 0.909. The van der Waals surface area contributed by atoms with Crippen molar-refractivity contribution in [2.45, 2.75) is 34.2 Å². The Morgan fingerprint density at radius 2 is 2.09 bits per heavy atom. The van der Waals surface area contributed by atoms with Gasteiger partial charge in [-0.15, -0.1) is 11.3 Å². The van der Waals surface area contributed by atoms with Crippen LogP contribution >= 0.6 is 11.3 Å². The van der Waals surface area contributed by atoms with E-state index in [4.69, 9.17) is 0 Å². The molecule has 5 heteroatoms. The van der Waals surface area contributed by atoms with Crippen molar-refractivity contribution >= 4 is 23.3 Å². The Hall–Kier alpha value is -2.14. The van der Waals surface area contributed by atoms with Gasteiger partial charge in [-0.05, 0) is 51.0 Å².